The van der Waals surface area contributed by atoms with Gasteiger partial charge in [0.1, 0.15) is 0 Å². The summed E-state index contributed by atoms with van der Waals surface area (Å²) in [5.74, 6) is -0.784. The molecule has 2 rings (SSSR count). The highest BCUT2D eigenvalue weighted by atomic mass is 16.6. The molecule has 6 heteroatoms. The smallest absolute Gasteiger partial charge is 0.311 e. The molecule has 0 heterocycles. The number of benzene rings is 1. The second-order valence-corrected chi connectivity index (χ2v) is 4.70. The molecule has 2 N–H and O–H groups in total. The van der Waals surface area contributed by atoms with Crippen molar-refractivity contribution >= 4 is 17.3 Å². The molecule has 0 bridgehead atoms. The molecule has 1 aromatic carbocycles. The van der Waals surface area contributed by atoms with E-state index < -0.39 is 16.3 Å². The molecule has 6 nitrogen and oxygen atoms in total. The van der Waals surface area contributed by atoms with E-state index in [-0.39, 0.29) is 5.69 Å². The number of carbonyl (C=O) groups is 1. The van der Waals surface area contributed by atoms with Crippen LogP contribution in [0.1, 0.15) is 18.4 Å². The van der Waals surface area contributed by atoms with E-state index in [1.165, 1.54) is 6.07 Å². The number of hydrogen-bond acceptors (Lipinski definition) is 4. The molecule has 0 aromatic heterocycles. The third-order valence-electron chi connectivity index (χ3n) is 3.33. The number of nitrogens with zero attached hydrogens (tertiary/aromatic N) is 1. The number of carboxylic acids is 1. The molecule has 0 spiro atoms. The van der Waals surface area contributed by atoms with Crippen molar-refractivity contribution in [1.29, 1.82) is 0 Å². The molecule has 0 unspecified atom stereocenters. The summed E-state index contributed by atoms with van der Waals surface area (Å²) >= 11 is 0. The van der Waals surface area contributed by atoms with Gasteiger partial charge in [-0.1, -0.05) is 0 Å². The van der Waals surface area contributed by atoms with E-state index in [1.54, 1.807) is 19.1 Å². The van der Waals surface area contributed by atoms with Crippen molar-refractivity contribution in [3.63, 3.8) is 0 Å². The molecule has 1 aliphatic carbocycles. The van der Waals surface area contributed by atoms with Crippen molar-refractivity contribution in [2.24, 2.45) is 5.41 Å². The maximum absolute atomic E-state index is 11.0. The maximum atomic E-state index is 11.0. The van der Waals surface area contributed by atoms with Crippen molar-refractivity contribution in [2.75, 3.05) is 11.9 Å². The van der Waals surface area contributed by atoms with Gasteiger partial charge in [0.2, 0.25) is 0 Å². The van der Waals surface area contributed by atoms with Gasteiger partial charge in [-0.15, -0.1) is 0 Å². The fourth-order valence-corrected chi connectivity index (χ4v) is 1.86. The Kier molecular flexibility index (Phi) is 2.94. The van der Waals surface area contributed by atoms with Gasteiger partial charge in [-0.3, -0.25) is 14.9 Å². The summed E-state index contributed by atoms with van der Waals surface area (Å²) in [6, 6.07) is 4.69. The first kappa shape index (κ1) is 12.3. The van der Waals surface area contributed by atoms with E-state index in [4.69, 9.17) is 5.11 Å². The van der Waals surface area contributed by atoms with Crippen LogP contribution in [0.3, 0.4) is 0 Å². The standard InChI is InChI=1S/C12H14N2O4/c1-8-6-9(2-3-10(8)14(17)18)13-7-12(4-5-12)11(15)16/h2-3,6,13H,4-5,7H2,1H3,(H,15,16). The lowest BCUT2D eigenvalue weighted by atomic mass is 10.1. The second-order valence-electron chi connectivity index (χ2n) is 4.70. The number of anilines is 1. The Balaban J connectivity index is 2.05. The van der Waals surface area contributed by atoms with Crippen LogP contribution in [0.2, 0.25) is 0 Å². The maximum Gasteiger partial charge on any atom is 0.311 e. The third kappa shape index (κ3) is 2.27. The van der Waals surface area contributed by atoms with Crippen LogP contribution < -0.4 is 5.32 Å². The van der Waals surface area contributed by atoms with Crippen molar-refractivity contribution in [3.05, 3.63) is 33.9 Å². The topological polar surface area (TPSA) is 92.5 Å². The molecule has 96 valence electrons. The van der Waals surface area contributed by atoms with Crippen LogP contribution >= 0.6 is 0 Å². The first-order chi connectivity index (χ1) is 8.44. The van der Waals surface area contributed by atoms with Crippen molar-refractivity contribution in [2.45, 2.75) is 19.8 Å². The van der Waals surface area contributed by atoms with E-state index in [9.17, 15) is 14.9 Å². The molecular formula is C12H14N2O4. The first-order valence-corrected chi connectivity index (χ1v) is 5.67. The average molecular weight is 250 g/mol. The Bertz CT molecular complexity index is 509. The number of aryl methyl sites for hydroxylation is 1. The lowest BCUT2D eigenvalue weighted by molar-refractivity contribution is -0.385. The monoisotopic (exact) mass is 250 g/mol. The van der Waals surface area contributed by atoms with E-state index in [1.807, 2.05) is 0 Å². The van der Waals surface area contributed by atoms with Crippen LogP contribution in [0.25, 0.3) is 0 Å². The summed E-state index contributed by atoms with van der Waals surface area (Å²) in [6.45, 7) is 2.02. The van der Waals surface area contributed by atoms with Crippen molar-refractivity contribution in [3.8, 4) is 0 Å². The summed E-state index contributed by atoms with van der Waals surface area (Å²) in [6.07, 6.45) is 1.36. The third-order valence-corrected chi connectivity index (χ3v) is 3.33. The van der Waals surface area contributed by atoms with E-state index in [0.29, 0.717) is 30.6 Å². The SMILES string of the molecule is Cc1cc(NCC2(C(=O)O)CC2)ccc1[N+](=O)[O-]. The quantitative estimate of drug-likeness (QED) is 0.617. The molecule has 1 saturated carbocycles. The van der Waals surface area contributed by atoms with Gasteiger partial charge >= 0.3 is 5.97 Å². The zero-order valence-corrected chi connectivity index (χ0v) is 9.97. The summed E-state index contributed by atoms with van der Waals surface area (Å²) in [7, 11) is 0. The Morgan fingerprint density at radius 3 is 2.67 bits per heavy atom. The van der Waals surface area contributed by atoms with Crippen LogP contribution in [-0.2, 0) is 4.79 Å². The molecule has 1 aliphatic rings. The molecule has 0 atom stereocenters. The van der Waals surface area contributed by atoms with Gasteiger partial charge in [0, 0.05) is 23.9 Å². The molecule has 0 saturated heterocycles. The summed E-state index contributed by atoms with van der Waals surface area (Å²) in [5, 5.41) is 22.7. The largest absolute Gasteiger partial charge is 0.481 e. The Morgan fingerprint density at radius 1 is 1.56 bits per heavy atom. The predicted molar refractivity (Wildman–Crippen MR) is 65.6 cm³/mol. The van der Waals surface area contributed by atoms with Crippen molar-refractivity contribution in [1.82, 2.24) is 0 Å². The van der Waals surface area contributed by atoms with Crippen LogP contribution in [-0.4, -0.2) is 22.5 Å². The summed E-state index contributed by atoms with van der Waals surface area (Å²) in [4.78, 5) is 21.2. The molecule has 0 amide bonds. The fraction of sp³-hybridized carbons (Fsp3) is 0.417. The highest BCUT2D eigenvalue weighted by Gasteiger charge is 2.49. The minimum absolute atomic E-state index is 0.0694. The number of carboxylic acid groups (broad SMARTS) is 1. The van der Waals surface area contributed by atoms with Gasteiger partial charge < -0.3 is 10.4 Å². The van der Waals surface area contributed by atoms with Gasteiger partial charge in [0.05, 0.1) is 10.3 Å². The fourth-order valence-electron chi connectivity index (χ4n) is 1.86. The lowest BCUT2D eigenvalue weighted by Crippen LogP contribution is -2.24. The summed E-state index contributed by atoms with van der Waals surface area (Å²) in [5.41, 5.74) is 0.700. The number of nitrogens with one attached hydrogen (secondary N) is 1. The first-order valence-electron chi connectivity index (χ1n) is 5.67. The lowest BCUT2D eigenvalue weighted by Gasteiger charge is -2.12. The van der Waals surface area contributed by atoms with Gasteiger partial charge in [-0.2, -0.15) is 0 Å². The highest BCUT2D eigenvalue weighted by molar-refractivity contribution is 5.78. The Hall–Kier alpha value is -2.11. The van der Waals surface area contributed by atoms with E-state index in [0.717, 1.165) is 0 Å². The number of rotatable bonds is 5. The van der Waals surface area contributed by atoms with Gasteiger partial charge in [-0.25, -0.2) is 0 Å². The minimum atomic E-state index is -0.784. The normalized spacial score (nSPS) is 16.1. The van der Waals surface area contributed by atoms with Crippen molar-refractivity contribution < 1.29 is 14.8 Å². The molecule has 1 fully saturated rings. The predicted octanol–water partition coefficient (Wildman–Crippen LogP) is 2.18. The van der Waals surface area contributed by atoms with Crippen LogP contribution in [0, 0.1) is 22.5 Å². The zero-order valence-electron chi connectivity index (χ0n) is 9.97. The molecule has 0 aliphatic heterocycles. The highest BCUT2D eigenvalue weighted by Crippen LogP contribution is 2.45. The molecule has 1 aromatic rings. The number of hydrogen-bond donors (Lipinski definition) is 2. The number of aliphatic carboxylic acids is 1. The molecular weight excluding hydrogens is 236 g/mol. The summed E-state index contributed by atoms with van der Waals surface area (Å²) < 4.78 is 0. The average Bonchev–Trinajstić information content (AvgIpc) is 3.07. The Morgan fingerprint density at radius 2 is 2.22 bits per heavy atom. The van der Waals surface area contributed by atoms with Crippen LogP contribution in [0.15, 0.2) is 18.2 Å². The van der Waals surface area contributed by atoms with Crippen LogP contribution in [0.5, 0.6) is 0 Å². The molecule has 0 radical (unpaired) electrons. The number of nitro benzene ring substituents is 1. The number of nitro groups is 1. The molecule has 18 heavy (non-hydrogen) atoms. The Labute approximate surface area is 104 Å². The van der Waals surface area contributed by atoms with E-state index in [2.05, 4.69) is 5.32 Å². The minimum Gasteiger partial charge on any atom is -0.481 e. The van der Waals surface area contributed by atoms with Gasteiger partial charge in [-0.05, 0) is 31.9 Å². The van der Waals surface area contributed by atoms with Gasteiger partial charge in [0.15, 0.2) is 0 Å². The zero-order chi connectivity index (χ0) is 13.3. The van der Waals surface area contributed by atoms with Gasteiger partial charge in [0.25, 0.3) is 5.69 Å². The van der Waals surface area contributed by atoms with Crippen LogP contribution in [0.4, 0.5) is 11.4 Å². The van der Waals surface area contributed by atoms with E-state index >= 15 is 0 Å². The second kappa shape index (κ2) is 4.29.